The standard InChI is InChI=1S/C16H20N2O3/c1-21-10-14(19)18-9-13(12-5-3-2-4-6-12)16(11-18)7-8-17-15(16)20/h2-6,13H,7-11H2,1H3,(H,17,20)/t13-,16+/m0/s1. The van der Waals surface area contributed by atoms with Crippen LogP contribution in [-0.2, 0) is 14.3 Å². The quantitative estimate of drug-likeness (QED) is 0.893. The second-order valence-electron chi connectivity index (χ2n) is 5.83. The van der Waals surface area contributed by atoms with Gasteiger partial charge in [-0.1, -0.05) is 30.3 Å². The first-order chi connectivity index (χ1) is 10.2. The van der Waals surface area contributed by atoms with E-state index in [1.807, 2.05) is 30.3 Å². The summed E-state index contributed by atoms with van der Waals surface area (Å²) in [6, 6.07) is 10.0. The molecule has 0 aliphatic carbocycles. The van der Waals surface area contributed by atoms with Crippen molar-refractivity contribution in [1.29, 1.82) is 0 Å². The summed E-state index contributed by atoms with van der Waals surface area (Å²) in [5.41, 5.74) is 0.646. The Morgan fingerprint density at radius 3 is 2.81 bits per heavy atom. The molecule has 2 saturated heterocycles. The van der Waals surface area contributed by atoms with E-state index in [2.05, 4.69) is 5.32 Å². The third-order valence-electron chi connectivity index (χ3n) is 4.67. The summed E-state index contributed by atoms with van der Waals surface area (Å²) in [5.74, 6) is 0.0843. The summed E-state index contributed by atoms with van der Waals surface area (Å²) in [4.78, 5) is 26.3. The molecule has 2 amide bonds. The Kier molecular flexibility index (Phi) is 3.68. The van der Waals surface area contributed by atoms with Gasteiger partial charge in [0.25, 0.3) is 0 Å². The molecule has 5 heteroatoms. The van der Waals surface area contributed by atoms with E-state index < -0.39 is 5.41 Å². The Morgan fingerprint density at radius 2 is 2.19 bits per heavy atom. The number of rotatable bonds is 3. The first kappa shape index (κ1) is 14.1. The van der Waals surface area contributed by atoms with Crippen LogP contribution in [0, 0.1) is 5.41 Å². The third kappa shape index (κ3) is 2.31. The van der Waals surface area contributed by atoms with Crippen LogP contribution in [0.5, 0.6) is 0 Å². The summed E-state index contributed by atoms with van der Waals surface area (Å²) >= 11 is 0. The van der Waals surface area contributed by atoms with Crippen LogP contribution in [0.3, 0.4) is 0 Å². The number of amides is 2. The molecule has 2 atom stereocenters. The smallest absolute Gasteiger partial charge is 0.248 e. The highest BCUT2D eigenvalue weighted by Crippen LogP contribution is 2.47. The minimum absolute atomic E-state index is 0.0463. The highest BCUT2D eigenvalue weighted by atomic mass is 16.5. The van der Waals surface area contributed by atoms with E-state index in [1.54, 1.807) is 4.90 Å². The van der Waals surface area contributed by atoms with Crippen LogP contribution in [0.2, 0.25) is 0 Å². The zero-order chi connectivity index (χ0) is 14.9. The molecular formula is C16H20N2O3. The minimum atomic E-state index is -0.481. The molecule has 1 aromatic rings. The maximum Gasteiger partial charge on any atom is 0.248 e. The van der Waals surface area contributed by atoms with Gasteiger partial charge in [-0.3, -0.25) is 9.59 Å². The second-order valence-corrected chi connectivity index (χ2v) is 5.83. The van der Waals surface area contributed by atoms with Crippen molar-refractivity contribution >= 4 is 11.8 Å². The molecule has 0 radical (unpaired) electrons. The van der Waals surface area contributed by atoms with Crippen LogP contribution >= 0.6 is 0 Å². The molecule has 3 rings (SSSR count). The third-order valence-corrected chi connectivity index (χ3v) is 4.67. The Bertz CT molecular complexity index is 546. The lowest BCUT2D eigenvalue weighted by Gasteiger charge is -2.27. The molecule has 1 aromatic carbocycles. The summed E-state index contributed by atoms with van der Waals surface area (Å²) in [6.07, 6.45) is 0.780. The lowest BCUT2D eigenvalue weighted by Crippen LogP contribution is -2.39. The number of carbonyl (C=O) groups excluding carboxylic acids is 2. The molecule has 2 heterocycles. The molecule has 0 bridgehead atoms. The molecule has 1 spiro atoms. The first-order valence-corrected chi connectivity index (χ1v) is 7.27. The SMILES string of the molecule is COCC(=O)N1C[C@@H](c2ccccc2)[C@@]2(CCNC2=O)C1. The summed E-state index contributed by atoms with van der Waals surface area (Å²) in [7, 11) is 1.51. The molecule has 1 N–H and O–H groups in total. The van der Waals surface area contributed by atoms with E-state index in [0.29, 0.717) is 19.6 Å². The number of likely N-dealkylation sites (tertiary alicyclic amines) is 1. The zero-order valence-corrected chi connectivity index (χ0v) is 12.2. The minimum Gasteiger partial charge on any atom is -0.375 e. The monoisotopic (exact) mass is 288 g/mol. The van der Waals surface area contributed by atoms with Gasteiger partial charge in [-0.05, 0) is 12.0 Å². The van der Waals surface area contributed by atoms with Gasteiger partial charge in [0.2, 0.25) is 11.8 Å². The Hall–Kier alpha value is -1.88. The van der Waals surface area contributed by atoms with E-state index in [1.165, 1.54) is 7.11 Å². The van der Waals surface area contributed by atoms with E-state index in [9.17, 15) is 9.59 Å². The summed E-state index contributed by atoms with van der Waals surface area (Å²) in [6.45, 7) is 1.83. The van der Waals surface area contributed by atoms with Crippen LogP contribution in [0.15, 0.2) is 30.3 Å². The van der Waals surface area contributed by atoms with Crippen molar-refractivity contribution < 1.29 is 14.3 Å². The van der Waals surface area contributed by atoms with Gasteiger partial charge in [0.15, 0.2) is 0 Å². The van der Waals surface area contributed by atoms with E-state index in [0.717, 1.165) is 12.0 Å². The van der Waals surface area contributed by atoms with Crippen LogP contribution in [0.4, 0.5) is 0 Å². The molecular weight excluding hydrogens is 268 g/mol. The Balaban J connectivity index is 1.92. The maximum absolute atomic E-state index is 12.4. The molecule has 0 saturated carbocycles. The average molecular weight is 288 g/mol. The number of hydrogen-bond acceptors (Lipinski definition) is 3. The van der Waals surface area contributed by atoms with Crippen LogP contribution < -0.4 is 5.32 Å². The molecule has 112 valence electrons. The molecule has 0 unspecified atom stereocenters. The van der Waals surface area contributed by atoms with Crippen molar-refractivity contribution in [3.8, 4) is 0 Å². The predicted molar refractivity (Wildman–Crippen MR) is 77.7 cm³/mol. The van der Waals surface area contributed by atoms with Crippen molar-refractivity contribution in [1.82, 2.24) is 10.2 Å². The van der Waals surface area contributed by atoms with Gasteiger partial charge < -0.3 is 15.0 Å². The van der Waals surface area contributed by atoms with Gasteiger partial charge >= 0.3 is 0 Å². The molecule has 0 aromatic heterocycles. The van der Waals surface area contributed by atoms with E-state index >= 15 is 0 Å². The largest absolute Gasteiger partial charge is 0.375 e. The highest BCUT2D eigenvalue weighted by molar-refractivity contribution is 5.88. The van der Waals surface area contributed by atoms with Gasteiger partial charge in [0.1, 0.15) is 6.61 Å². The lowest BCUT2D eigenvalue weighted by atomic mass is 9.73. The Labute approximate surface area is 124 Å². The Morgan fingerprint density at radius 1 is 1.43 bits per heavy atom. The second kappa shape index (κ2) is 5.48. The molecule has 2 aliphatic rings. The number of methoxy groups -OCH3 is 1. The highest BCUT2D eigenvalue weighted by Gasteiger charge is 2.55. The molecule has 2 fully saturated rings. The van der Waals surface area contributed by atoms with E-state index in [4.69, 9.17) is 4.74 Å². The molecule has 21 heavy (non-hydrogen) atoms. The fourth-order valence-corrected chi connectivity index (χ4v) is 3.60. The van der Waals surface area contributed by atoms with Crippen molar-refractivity contribution in [2.45, 2.75) is 12.3 Å². The van der Waals surface area contributed by atoms with Crippen molar-refractivity contribution in [3.05, 3.63) is 35.9 Å². The van der Waals surface area contributed by atoms with Gasteiger partial charge in [0.05, 0.1) is 5.41 Å². The van der Waals surface area contributed by atoms with Crippen LogP contribution in [0.1, 0.15) is 17.9 Å². The summed E-state index contributed by atoms with van der Waals surface area (Å²) < 4.78 is 4.94. The van der Waals surface area contributed by atoms with Crippen molar-refractivity contribution in [3.63, 3.8) is 0 Å². The van der Waals surface area contributed by atoms with Crippen molar-refractivity contribution in [2.75, 3.05) is 33.4 Å². The van der Waals surface area contributed by atoms with Crippen LogP contribution in [-0.4, -0.2) is 50.1 Å². The number of nitrogens with zero attached hydrogens (tertiary/aromatic N) is 1. The predicted octanol–water partition coefficient (Wildman–Crippen LogP) is 0.765. The molecule has 2 aliphatic heterocycles. The number of ether oxygens (including phenoxy) is 1. The lowest BCUT2D eigenvalue weighted by molar-refractivity contribution is -0.135. The number of benzene rings is 1. The van der Waals surface area contributed by atoms with Gasteiger partial charge in [-0.2, -0.15) is 0 Å². The maximum atomic E-state index is 12.4. The van der Waals surface area contributed by atoms with Gasteiger partial charge in [0, 0.05) is 32.7 Å². The number of hydrogen-bond donors (Lipinski definition) is 1. The van der Waals surface area contributed by atoms with E-state index in [-0.39, 0.29) is 24.3 Å². The fourth-order valence-electron chi connectivity index (χ4n) is 3.60. The summed E-state index contributed by atoms with van der Waals surface area (Å²) in [5, 5.41) is 2.94. The van der Waals surface area contributed by atoms with Gasteiger partial charge in [-0.15, -0.1) is 0 Å². The number of nitrogens with one attached hydrogen (secondary N) is 1. The average Bonchev–Trinajstić information content (AvgIpc) is 3.06. The normalized spacial score (nSPS) is 28.1. The van der Waals surface area contributed by atoms with Crippen LogP contribution in [0.25, 0.3) is 0 Å². The van der Waals surface area contributed by atoms with Gasteiger partial charge in [-0.25, -0.2) is 0 Å². The van der Waals surface area contributed by atoms with Crippen molar-refractivity contribution in [2.24, 2.45) is 5.41 Å². The number of carbonyl (C=O) groups is 2. The molecule has 5 nitrogen and oxygen atoms in total. The topological polar surface area (TPSA) is 58.6 Å². The first-order valence-electron chi connectivity index (χ1n) is 7.27. The zero-order valence-electron chi connectivity index (χ0n) is 12.2. The fraction of sp³-hybridized carbons (Fsp3) is 0.500.